The number of fused-ring (bicyclic) bond motifs is 1. The number of amides is 1. The highest BCUT2D eigenvalue weighted by molar-refractivity contribution is 6.42. The predicted octanol–water partition coefficient (Wildman–Crippen LogP) is 6.96. The van der Waals surface area contributed by atoms with Crippen LogP contribution in [0.3, 0.4) is 0 Å². The molecule has 4 aromatic carbocycles. The largest absolute Gasteiger partial charge is 0.355 e. The summed E-state index contributed by atoms with van der Waals surface area (Å²) in [6.07, 6.45) is 0.962. The fourth-order valence-corrected chi connectivity index (χ4v) is 4.64. The van der Waals surface area contributed by atoms with Crippen LogP contribution in [-0.4, -0.2) is 22.0 Å². The van der Waals surface area contributed by atoms with Crippen LogP contribution in [0.1, 0.15) is 17.0 Å². The average Bonchev–Trinajstić information content (AvgIpc) is 3.24. The molecule has 5 rings (SSSR count). The number of carbonyl (C=O) groups is 1. The van der Waals surface area contributed by atoms with Crippen molar-refractivity contribution in [2.24, 2.45) is 0 Å². The van der Waals surface area contributed by atoms with E-state index in [0.717, 1.165) is 39.1 Å². The van der Waals surface area contributed by atoms with Crippen LogP contribution in [0.2, 0.25) is 10.0 Å². The first-order valence-corrected chi connectivity index (χ1v) is 12.6. The summed E-state index contributed by atoms with van der Waals surface area (Å²) in [6.45, 7) is 1.13. The molecule has 4 nitrogen and oxygen atoms in total. The summed E-state index contributed by atoms with van der Waals surface area (Å²) in [5.41, 5.74) is 6.30. The van der Waals surface area contributed by atoms with Crippen molar-refractivity contribution in [3.8, 4) is 11.1 Å². The van der Waals surface area contributed by atoms with Crippen molar-refractivity contribution in [1.82, 2.24) is 14.9 Å². The zero-order chi connectivity index (χ0) is 24.9. The van der Waals surface area contributed by atoms with Gasteiger partial charge in [0.25, 0.3) is 0 Å². The van der Waals surface area contributed by atoms with Crippen LogP contribution in [0.4, 0.5) is 0 Å². The summed E-state index contributed by atoms with van der Waals surface area (Å²) in [5, 5.41) is 4.11. The second-order valence-corrected chi connectivity index (χ2v) is 9.51. The number of para-hydroxylation sites is 2. The van der Waals surface area contributed by atoms with Gasteiger partial charge in [-0.15, -0.1) is 0 Å². The lowest BCUT2D eigenvalue weighted by Crippen LogP contribution is -2.28. The van der Waals surface area contributed by atoms with Gasteiger partial charge in [-0.25, -0.2) is 4.98 Å². The van der Waals surface area contributed by atoms with Crippen LogP contribution in [0.15, 0.2) is 97.1 Å². The fraction of sp³-hybridized carbons (Fsp3) is 0.133. The highest BCUT2D eigenvalue weighted by Gasteiger charge is 2.12. The first-order valence-electron chi connectivity index (χ1n) is 11.9. The van der Waals surface area contributed by atoms with Crippen LogP contribution < -0.4 is 5.32 Å². The second-order valence-electron chi connectivity index (χ2n) is 8.69. The number of nitrogens with zero attached hydrogens (tertiary/aromatic N) is 2. The van der Waals surface area contributed by atoms with Crippen LogP contribution in [0.5, 0.6) is 0 Å². The standard InChI is InChI=1S/C30H25Cl2N3O/c31-25-15-12-22(18-26(25)32)20-35-28-9-5-4-8-27(28)34-29(35)16-17-33-30(36)19-21-10-13-24(14-11-21)23-6-2-1-3-7-23/h1-15,18H,16-17,19-20H2,(H,33,36). The van der Waals surface area contributed by atoms with E-state index in [9.17, 15) is 4.79 Å². The first kappa shape index (κ1) is 24.1. The molecule has 180 valence electrons. The van der Waals surface area contributed by atoms with Crippen molar-refractivity contribution < 1.29 is 4.79 Å². The number of imidazole rings is 1. The molecule has 0 bridgehead atoms. The SMILES string of the molecule is O=C(Cc1ccc(-c2ccccc2)cc1)NCCc1nc2ccccc2n1Cc1ccc(Cl)c(Cl)c1. The maximum atomic E-state index is 12.6. The number of nitrogens with one attached hydrogen (secondary N) is 1. The number of hydrogen-bond donors (Lipinski definition) is 1. The maximum absolute atomic E-state index is 12.6. The third-order valence-corrected chi connectivity index (χ3v) is 6.89. The molecule has 1 amide bonds. The Labute approximate surface area is 220 Å². The van der Waals surface area contributed by atoms with Gasteiger partial charge in [0.05, 0.1) is 27.5 Å². The first-order chi connectivity index (χ1) is 17.6. The third-order valence-electron chi connectivity index (χ3n) is 6.15. The number of rotatable bonds is 8. The van der Waals surface area contributed by atoms with Crippen molar-refractivity contribution in [2.75, 3.05) is 6.54 Å². The minimum atomic E-state index is -0.00500. The summed E-state index contributed by atoms with van der Waals surface area (Å²) in [5.74, 6) is 0.907. The van der Waals surface area contributed by atoms with E-state index >= 15 is 0 Å². The molecule has 6 heteroatoms. The lowest BCUT2D eigenvalue weighted by Gasteiger charge is -2.11. The lowest BCUT2D eigenvalue weighted by molar-refractivity contribution is -0.120. The summed E-state index contributed by atoms with van der Waals surface area (Å²) >= 11 is 12.3. The molecule has 1 aromatic heterocycles. The van der Waals surface area contributed by atoms with Gasteiger partial charge in [0.2, 0.25) is 5.91 Å². The molecule has 0 atom stereocenters. The van der Waals surface area contributed by atoms with Gasteiger partial charge in [0, 0.05) is 19.5 Å². The predicted molar refractivity (Wildman–Crippen MR) is 148 cm³/mol. The van der Waals surface area contributed by atoms with E-state index in [1.807, 2.05) is 66.7 Å². The Kier molecular flexibility index (Phi) is 7.36. The zero-order valence-electron chi connectivity index (χ0n) is 19.6. The smallest absolute Gasteiger partial charge is 0.224 e. The highest BCUT2D eigenvalue weighted by Crippen LogP contribution is 2.25. The Morgan fingerprint density at radius 3 is 2.25 bits per heavy atom. The number of carbonyl (C=O) groups excluding carboxylic acids is 1. The van der Waals surface area contributed by atoms with Gasteiger partial charge < -0.3 is 9.88 Å². The Hall–Kier alpha value is -3.60. The molecule has 0 unspecified atom stereocenters. The number of halogens is 2. The van der Waals surface area contributed by atoms with E-state index in [2.05, 4.69) is 40.2 Å². The van der Waals surface area contributed by atoms with Gasteiger partial charge in [0.1, 0.15) is 5.82 Å². The quantitative estimate of drug-likeness (QED) is 0.243. The molecule has 0 aliphatic carbocycles. The monoisotopic (exact) mass is 513 g/mol. The summed E-state index contributed by atoms with van der Waals surface area (Å²) < 4.78 is 2.17. The third kappa shape index (κ3) is 5.62. The van der Waals surface area contributed by atoms with Crippen molar-refractivity contribution in [3.63, 3.8) is 0 Å². The minimum Gasteiger partial charge on any atom is -0.355 e. The molecule has 1 heterocycles. The van der Waals surface area contributed by atoms with E-state index < -0.39 is 0 Å². The minimum absolute atomic E-state index is 0.00500. The molecule has 0 aliphatic heterocycles. The number of hydrogen-bond acceptors (Lipinski definition) is 2. The topological polar surface area (TPSA) is 46.9 Å². The van der Waals surface area contributed by atoms with Gasteiger partial charge in [0.15, 0.2) is 0 Å². The summed E-state index contributed by atoms with van der Waals surface area (Å²) in [4.78, 5) is 17.4. The van der Waals surface area contributed by atoms with Crippen LogP contribution in [0, 0.1) is 0 Å². The summed E-state index contributed by atoms with van der Waals surface area (Å²) in [7, 11) is 0. The summed E-state index contributed by atoms with van der Waals surface area (Å²) in [6, 6.07) is 32.1. The van der Waals surface area contributed by atoms with Gasteiger partial charge in [-0.1, -0.05) is 96.0 Å². The highest BCUT2D eigenvalue weighted by atomic mass is 35.5. The molecule has 0 saturated carbocycles. The van der Waals surface area contributed by atoms with Crippen molar-refractivity contribution in [2.45, 2.75) is 19.4 Å². The zero-order valence-corrected chi connectivity index (χ0v) is 21.1. The molecule has 0 aliphatic rings. The fourth-order valence-electron chi connectivity index (χ4n) is 4.32. The van der Waals surface area contributed by atoms with E-state index in [1.165, 1.54) is 0 Å². The van der Waals surface area contributed by atoms with Crippen LogP contribution >= 0.6 is 23.2 Å². The Morgan fingerprint density at radius 2 is 1.47 bits per heavy atom. The van der Waals surface area contributed by atoms with Crippen molar-refractivity contribution >= 4 is 40.1 Å². The normalized spacial score (nSPS) is 11.1. The van der Waals surface area contributed by atoms with E-state index in [0.29, 0.717) is 36.0 Å². The average molecular weight is 514 g/mol. The molecule has 0 spiro atoms. The molecule has 0 fully saturated rings. The molecular formula is C30H25Cl2N3O. The molecule has 0 saturated heterocycles. The molecule has 1 N–H and O–H groups in total. The van der Waals surface area contributed by atoms with Gasteiger partial charge in [-0.3, -0.25) is 4.79 Å². The molecule has 36 heavy (non-hydrogen) atoms. The molecule has 5 aromatic rings. The van der Waals surface area contributed by atoms with Gasteiger partial charge >= 0.3 is 0 Å². The Morgan fingerprint density at radius 1 is 0.778 bits per heavy atom. The molecular weight excluding hydrogens is 489 g/mol. The van der Waals surface area contributed by atoms with Crippen molar-refractivity contribution in [1.29, 1.82) is 0 Å². The van der Waals surface area contributed by atoms with E-state index in [4.69, 9.17) is 28.2 Å². The van der Waals surface area contributed by atoms with Gasteiger partial charge in [-0.05, 0) is 46.5 Å². The van der Waals surface area contributed by atoms with Gasteiger partial charge in [-0.2, -0.15) is 0 Å². The van der Waals surface area contributed by atoms with E-state index in [-0.39, 0.29) is 5.91 Å². The van der Waals surface area contributed by atoms with E-state index in [1.54, 1.807) is 0 Å². The Balaban J connectivity index is 1.23. The van der Waals surface area contributed by atoms with Crippen LogP contribution in [0.25, 0.3) is 22.2 Å². The second kappa shape index (κ2) is 11.0. The molecule has 0 radical (unpaired) electrons. The lowest BCUT2D eigenvalue weighted by atomic mass is 10.0. The van der Waals surface area contributed by atoms with Crippen molar-refractivity contribution in [3.05, 3.63) is 124 Å². The number of benzene rings is 4. The Bertz CT molecular complexity index is 1490. The van der Waals surface area contributed by atoms with Crippen LogP contribution in [-0.2, 0) is 24.2 Å². The maximum Gasteiger partial charge on any atom is 0.224 e. The number of aromatic nitrogens is 2.